The molecule has 0 bridgehead atoms. The predicted octanol–water partition coefficient (Wildman–Crippen LogP) is 3.59. The predicted molar refractivity (Wildman–Crippen MR) is 119 cm³/mol. The van der Waals surface area contributed by atoms with Gasteiger partial charge in [-0.2, -0.15) is 0 Å². The number of hydrogen-bond acceptors (Lipinski definition) is 4. The average Bonchev–Trinajstić information content (AvgIpc) is 2.95. The topological polar surface area (TPSA) is 43.8 Å². The molecule has 5 nitrogen and oxygen atoms in total. The van der Waals surface area contributed by atoms with Crippen LogP contribution in [0.2, 0.25) is 0 Å². The first-order chi connectivity index (χ1) is 11.6. The number of likely N-dealkylation sites (tertiary alicyclic amines) is 1. The lowest BCUT2D eigenvalue weighted by atomic mass is 10.0. The highest BCUT2D eigenvalue weighted by molar-refractivity contribution is 14.0. The molecule has 0 amide bonds. The SMILES string of the molecule is CCNC(=NCCCN1CCCC(C)C1)N(C)Cc1csc(C)n1.I. The molecule has 1 atom stereocenters. The Hall–Kier alpha value is -0.410. The van der Waals surface area contributed by atoms with Gasteiger partial charge < -0.3 is 15.1 Å². The normalized spacial score (nSPS) is 18.7. The zero-order chi connectivity index (χ0) is 17.4. The summed E-state index contributed by atoms with van der Waals surface area (Å²) in [6.07, 6.45) is 3.87. The second kappa shape index (κ2) is 12.1. The number of piperidine rings is 1. The van der Waals surface area contributed by atoms with Crippen LogP contribution >= 0.6 is 35.3 Å². The molecular weight excluding hydrogens is 445 g/mol. The maximum Gasteiger partial charge on any atom is 0.194 e. The molecule has 1 saturated heterocycles. The number of aromatic nitrogens is 1. The molecular formula is C18H34IN5S. The quantitative estimate of drug-likeness (QED) is 0.281. The standard InChI is InChI=1S/C18H33N5S.HI/c1-5-19-18(22(4)13-17-14-24-16(3)21-17)20-9-7-11-23-10-6-8-15(2)12-23;/h14-15H,5-13H2,1-4H3,(H,19,20);1H. The number of aryl methyl sites for hydroxylation is 1. The van der Waals surface area contributed by atoms with Crippen molar-refractivity contribution in [2.75, 3.05) is 39.8 Å². The van der Waals surface area contributed by atoms with Gasteiger partial charge in [-0.15, -0.1) is 35.3 Å². The fraction of sp³-hybridized carbons (Fsp3) is 0.778. The van der Waals surface area contributed by atoms with E-state index in [0.29, 0.717) is 0 Å². The Labute approximate surface area is 174 Å². The first-order valence-electron chi connectivity index (χ1n) is 9.21. The Kier molecular flexibility index (Phi) is 10.9. The van der Waals surface area contributed by atoms with Crippen molar-refractivity contribution in [2.24, 2.45) is 10.9 Å². The van der Waals surface area contributed by atoms with Crippen molar-refractivity contribution in [2.45, 2.75) is 46.6 Å². The molecule has 1 N–H and O–H groups in total. The highest BCUT2D eigenvalue weighted by atomic mass is 127. The summed E-state index contributed by atoms with van der Waals surface area (Å²) in [5, 5.41) is 6.65. The minimum Gasteiger partial charge on any atom is -0.357 e. The van der Waals surface area contributed by atoms with Gasteiger partial charge in [0.15, 0.2) is 5.96 Å². The molecule has 1 aromatic rings. The summed E-state index contributed by atoms with van der Waals surface area (Å²) in [6, 6.07) is 0. The van der Waals surface area contributed by atoms with E-state index in [-0.39, 0.29) is 24.0 Å². The third-order valence-corrected chi connectivity index (χ3v) is 5.22. The zero-order valence-corrected chi connectivity index (χ0v) is 19.3. The van der Waals surface area contributed by atoms with Crippen LogP contribution in [0.3, 0.4) is 0 Å². The second-order valence-corrected chi connectivity index (χ2v) is 7.91. The van der Waals surface area contributed by atoms with E-state index < -0.39 is 0 Å². The minimum atomic E-state index is 0. The van der Waals surface area contributed by atoms with E-state index in [1.54, 1.807) is 11.3 Å². The third kappa shape index (κ3) is 8.21. The van der Waals surface area contributed by atoms with E-state index in [4.69, 9.17) is 4.99 Å². The number of rotatable bonds is 7. The Balaban J connectivity index is 0.00000312. The second-order valence-electron chi connectivity index (χ2n) is 6.85. The van der Waals surface area contributed by atoms with Crippen LogP contribution in [0.1, 0.15) is 43.8 Å². The first kappa shape index (κ1) is 22.6. The highest BCUT2D eigenvalue weighted by Gasteiger charge is 2.15. The van der Waals surface area contributed by atoms with Gasteiger partial charge in [0.25, 0.3) is 0 Å². The van der Waals surface area contributed by atoms with E-state index in [2.05, 4.69) is 53.3 Å². The van der Waals surface area contributed by atoms with Crippen molar-refractivity contribution < 1.29 is 0 Å². The van der Waals surface area contributed by atoms with E-state index in [9.17, 15) is 0 Å². The molecule has 2 heterocycles. The Morgan fingerprint density at radius 2 is 2.32 bits per heavy atom. The summed E-state index contributed by atoms with van der Waals surface area (Å²) in [7, 11) is 2.09. The Morgan fingerprint density at radius 1 is 1.52 bits per heavy atom. The van der Waals surface area contributed by atoms with Crippen molar-refractivity contribution in [3.63, 3.8) is 0 Å². The van der Waals surface area contributed by atoms with Crippen LogP contribution in [-0.4, -0.2) is 60.5 Å². The maximum atomic E-state index is 4.80. The molecule has 0 aliphatic carbocycles. The van der Waals surface area contributed by atoms with Gasteiger partial charge in [-0.1, -0.05) is 6.92 Å². The summed E-state index contributed by atoms with van der Waals surface area (Å²) in [5.41, 5.74) is 1.12. The Bertz CT molecular complexity index is 519. The van der Waals surface area contributed by atoms with Crippen molar-refractivity contribution in [1.82, 2.24) is 20.1 Å². The summed E-state index contributed by atoms with van der Waals surface area (Å²) in [6.45, 7) is 12.8. The van der Waals surface area contributed by atoms with Gasteiger partial charge in [-0.05, 0) is 52.1 Å². The molecule has 1 aliphatic rings. The van der Waals surface area contributed by atoms with E-state index in [1.807, 2.05) is 0 Å². The van der Waals surface area contributed by atoms with Crippen molar-refractivity contribution in [3.05, 3.63) is 16.1 Å². The highest BCUT2D eigenvalue weighted by Crippen LogP contribution is 2.15. The summed E-state index contributed by atoms with van der Waals surface area (Å²) >= 11 is 1.71. The molecule has 0 radical (unpaired) electrons. The Morgan fingerprint density at radius 3 is 2.96 bits per heavy atom. The van der Waals surface area contributed by atoms with Gasteiger partial charge in [0, 0.05) is 32.1 Å². The summed E-state index contributed by atoms with van der Waals surface area (Å²) in [4.78, 5) is 14.1. The maximum absolute atomic E-state index is 4.80. The molecule has 1 fully saturated rings. The third-order valence-electron chi connectivity index (χ3n) is 4.40. The fourth-order valence-electron chi connectivity index (χ4n) is 3.24. The van der Waals surface area contributed by atoms with Gasteiger partial charge in [0.2, 0.25) is 0 Å². The van der Waals surface area contributed by atoms with Crippen LogP contribution in [0, 0.1) is 12.8 Å². The van der Waals surface area contributed by atoms with Gasteiger partial charge in [0.05, 0.1) is 17.2 Å². The van der Waals surface area contributed by atoms with Gasteiger partial charge >= 0.3 is 0 Å². The van der Waals surface area contributed by atoms with Crippen molar-refractivity contribution in [3.8, 4) is 0 Å². The van der Waals surface area contributed by atoms with E-state index in [1.165, 1.54) is 32.5 Å². The number of thiazole rings is 1. The number of halogens is 1. The van der Waals surface area contributed by atoms with Crippen molar-refractivity contribution in [1.29, 1.82) is 0 Å². The zero-order valence-electron chi connectivity index (χ0n) is 16.1. The van der Waals surface area contributed by atoms with Crippen LogP contribution in [0.5, 0.6) is 0 Å². The first-order valence-corrected chi connectivity index (χ1v) is 10.1. The average molecular weight is 479 g/mol. The number of guanidine groups is 1. The molecule has 144 valence electrons. The molecule has 0 saturated carbocycles. The number of nitrogens with one attached hydrogen (secondary N) is 1. The molecule has 7 heteroatoms. The monoisotopic (exact) mass is 479 g/mol. The molecule has 1 unspecified atom stereocenters. The molecule has 2 rings (SSSR count). The van der Waals surface area contributed by atoms with E-state index >= 15 is 0 Å². The lowest BCUT2D eigenvalue weighted by molar-refractivity contribution is 0.183. The van der Waals surface area contributed by atoms with Gasteiger partial charge in [-0.25, -0.2) is 4.98 Å². The van der Waals surface area contributed by atoms with Crippen molar-refractivity contribution >= 4 is 41.3 Å². The van der Waals surface area contributed by atoms with E-state index in [0.717, 1.165) is 48.6 Å². The molecule has 25 heavy (non-hydrogen) atoms. The largest absolute Gasteiger partial charge is 0.357 e. The molecule has 0 aromatic carbocycles. The van der Waals surface area contributed by atoms with Crippen LogP contribution in [0.25, 0.3) is 0 Å². The minimum absolute atomic E-state index is 0. The van der Waals surface area contributed by atoms with Crippen LogP contribution in [0.15, 0.2) is 10.4 Å². The smallest absolute Gasteiger partial charge is 0.194 e. The molecule has 1 aromatic heterocycles. The van der Waals surface area contributed by atoms with Crippen LogP contribution in [0.4, 0.5) is 0 Å². The molecule has 1 aliphatic heterocycles. The lowest BCUT2D eigenvalue weighted by Gasteiger charge is -2.30. The van der Waals surface area contributed by atoms with Gasteiger partial charge in [0.1, 0.15) is 0 Å². The lowest BCUT2D eigenvalue weighted by Crippen LogP contribution is -2.39. The van der Waals surface area contributed by atoms with Crippen LogP contribution in [-0.2, 0) is 6.54 Å². The fourth-order valence-corrected chi connectivity index (χ4v) is 3.84. The van der Waals surface area contributed by atoms with Crippen LogP contribution < -0.4 is 5.32 Å². The summed E-state index contributed by atoms with van der Waals surface area (Å²) in [5.74, 6) is 1.84. The summed E-state index contributed by atoms with van der Waals surface area (Å²) < 4.78 is 0. The molecule has 0 spiro atoms. The number of nitrogens with zero attached hydrogens (tertiary/aromatic N) is 4. The number of hydrogen-bond donors (Lipinski definition) is 1. The van der Waals surface area contributed by atoms with Gasteiger partial charge in [-0.3, -0.25) is 4.99 Å². The number of aliphatic imine (C=N–C) groups is 1.